The lowest BCUT2D eigenvalue weighted by Crippen LogP contribution is -2.24. The average Bonchev–Trinajstić information content (AvgIpc) is 2.89. The number of halogens is 4. The van der Waals surface area contributed by atoms with Crippen LogP contribution in [0.2, 0.25) is 5.02 Å². The molecule has 9 heteroatoms. The molecule has 194 valence electrons. The van der Waals surface area contributed by atoms with Crippen LogP contribution in [0.5, 0.6) is 0 Å². The molecule has 4 nitrogen and oxygen atoms in total. The number of hydrogen-bond donors (Lipinski definition) is 2. The quantitative estimate of drug-likeness (QED) is 0.293. The number of nitrogens with one attached hydrogen (secondary N) is 2. The molecule has 1 unspecified atom stereocenters. The van der Waals surface area contributed by atoms with E-state index in [9.17, 15) is 22.8 Å². The van der Waals surface area contributed by atoms with E-state index in [0.717, 1.165) is 48.8 Å². The largest absolute Gasteiger partial charge is 0.416 e. The molecule has 0 bridgehead atoms. The van der Waals surface area contributed by atoms with Gasteiger partial charge in [0.05, 0.1) is 16.3 Å². The van der Waals surface area contributed by atoms with E-state index in [0.29, 0.717) is 11.3 Å². The molecule has 3 aromatic rings. The average molecular weight is 547 g/mol. The van der Waals surface area contributed by atoms with Crippen LogP contribution in [0.25, 0.3) is 0 Å². The zero-order valence-electron chi connectivity index (χ0n) is 19.9. The van der Waals surface area contributed by atoms with Gasteiger partial charge in [-0.1, -0.05) is 61.2 Å². The molecule has 2 amide bonds. The third-order valence-electron chi connectivity index (χ3n) is 6.24. The molecule has 1 aliphatic rings. The zero-order chi connectivity index (χ0) is 26.4. The number of carbonyl (C=O) groups is 2. The fraction of sp³-hybridized carbons (Fsp3) is 0.286. The van der Waals surface area contributed by atoms with E-state index in [2.05, 4.69) is 10.6 Å². The van der Waals surface area contributed by atoms with Crippen LogP contribution in [0.15, 0.2) is 77.7 Å². The van der Waals surface area contributed by atoms with Crippen molar-refractivity contribution in [1.29, 1.82) is 0 Å². The van der Waals surface area contributed by atoms with Gasteiger partial charge in [0.15, 0.2) is 0 Å². The SMILES string of the molecule is O=C(Nc1ccc(SC(C(=O)Nc2cc(C(F)(F)F)ccc2Cl)c2ccccc2)cc1)C1CCCCC1. The van der Waals surface area contributed by atoms with Gasteiger partial charge in [-0.2, -0.15) is 13.2 Å². The van der Waals surface area contributed by atoms with Crippen LogP contribution in [-0.4, -0.2) is 11.8 Å². The first kappa shape index (κ1) is 27.1. The topological polar surface area (TPSA) is 58.2 Å². The summed E-state index contributed by atoms with van der Waals surface area (Å²) < 4.78 is 39.5. The number of hydrogen-bond acceptors (Lipinski definition) is 3. The van der Waals surface area contributed by atoms with Crippen molar-refractivity contribution in [3.05, 3.63) is 88.9 Å². The van der Waals surface area contributed by atoms with E-state index in [4.69, 9.17) is 11.6 Å². The second-order valence-electron chi connectivity index (χ2n) is 8.94. The van der Waals surface area contributed by atoms with Crippen molar-refractivity contribution in [3.63, 3.8) is 0 Å². The molecule has 0 saturated heterocycles. The zero-order valence-corrected chi connectivity index (χ0v) is 21.4. The Morgan fingerprint density at radius 1 is 0.892 bits per heavy atom. The molecular formula is C28H26ClF3N2O2S. The van der Waals surface area contributed by atoms with Gasteiger partial charge in [0.25, 0.3) is 0 Å². The molecule has 0 spiro atoms. The predicted octanol–water partition coefficient (Wildman–Crippen LogP) is 8.35. The summed E-state index contributed by atoms with van der Waals surface area (Å²) in [6, 6.07) is 19.0. The first-order valence-corrected chi connectivity index (χ1v) is 13.3. The van der Waals surface area contributed by atoms with Gasteiger partial charge in [0.2, 0.25) is 11.8 Å². The summed E-state index contributed by atoms with van der Waals surface area (Å²) in [6.07, 6.45) is 0.565. The van der Waals surface area contributed by atoms with E-state index in [1.54, 1.807) is 36.4 Å². The molecule has 1 aliphatic carbocycles. The summed E-state index contributed by atoms with van der Waals surface area (Å²) in [5, 5.41) is 4.79. The minimum atomic E-state index is -4.56. The van der Waals surface area contributed by atoms with Crippen LogP contribution in [0.4, 0.5) is 24.5 Å². The first-order valence-electron chi connectivity index (χ1n) is 12.0. The Hall–Kier alpha value is -2.97. The molecule has 0 radical (unpaired) electrons. The number of thioether (sulfide) groups is 1. The highest BCUT2D eigenvalue weighted by Gasteiger charge is 2.31. The molecule has 0 aliphatic heterocycles. The molecule has 2 N–H and O–H groups in total. The van der Waals surface area contributed by atoms with Crippen molar-refractivity contribution in [2.75, 3.05) is 10.6 Å². The third kappa shape index (κ3) is 7.29. The van der Waals surface area contributed by atoms with Gasteiger partial charge in [-0.05, 0) is 60.9 Å². The molecular weight excluding hydrogens is 521 g/mol. The monoisotopic (exact) mass is 546 g/mol. The molecule has 1 saturated carbocycles. The minimum Gasteiger partial charge on any atom is -0.326 e. The van der Waals surface area contributed by atoms with Gasteiger partial charge in [-0.15, -0.1) is 11.8 Å². The van der Waals surface area contributed by atoms with Crippen LogP contribution in [0, 0.1) is 5.92 Å². The highest BCUT2D eigenvalue weighted by molar-refractivity contribution is 8.00. The van der Waals surface area contributed by atoms with Gasteiger partial charge in [-0.3, -0.25) is 9.59 Å². The van der Waals surface area contributed by atoms with Gasteiger partial charge < -0.3 is 10.6 Å². The Morgan fingerprint density at radius 2 is 1.57 bits per heavy atom. The van der Waals surface area contributed by atoms with E-state index >= 15 is 0 Å². The first-order chi connectivity index (χ1) is 17.7. The molecule has 37 heavy (non-hydrogen) atoms. The van der Waals surface area contributed by atoms with Crippen molar-refractivity contribution in [3.8, 4) is 0 Å². The number of alkyl halides is 3. The fourth-order valence-corrected chi connectivity index (χ4v) is 5.45. The van der Waals surface area contributed by atoms with Crippen LogP contribution >= 0.6 is 23.4 Å². The summed E-state index contributed by atoms with van der Waals surface area (Å²) in [5.41, 5.74) is 0.352. The standard InChI is InChI=1S/C28H26ClF3N2O2S/c29-23-16-11-20(28(30,31)32)17-24(23)34-27(36)25(18-7-3-1-4-8-18)37-22-14-12-21(13-15-22)33-26(35)19-9-5-2-6-10-19/h1,3-4,7-8,11-17,19,25H,2,5-6,9-10H2,(H,33,35)(H,34,36). The Morgan fingerprint density at radius 3 is 2.22 bits per heavy atom. The van der Waals surface area contributed by atoms with Gasteiger partial charge >= 0.3 is 6.18 Å². The molecule has 1 fully saturated rings. The summed E-state index contributed by atoms with van der Waals surface area (Å²) in [7, 11) is 0. The Kier molecular flexibility index (Phi) is 8.82. The van der Waals surface area contributed by atoms with Crippen molar-refractivity contribution in [2.24, 2.45) is 5.92 Å². The second kappa shape index (κ2) is 12.0. The number of amides is 2. The lowest BCUT2D eigenvalue weighted by Gasteiger charge is -2.21. The maximum Gasteiger partial charge on any atom is 0.416 e. The number of rotatable bonds is 7. The third-order valence-corrected chi connectivity index (χ3v) is 7.84. The van der Waals surface area contributed by atoms with Crippen LogP contribution in [0.3, 0.4) is 0 Å². The second-order valence-corrected chi connectivity index (χ2v) is 10.5. The molecule has 4 rings (SSSR count). The maximum atomic E-state index is 13.3. The van der Waals surface area contributed by atoms with E-state index in [-0.39, 0.29) is 22.5 Å². The van der Waals surface area contributed by atoms with Gasteiger partial charge in [-0.25, -0.2) is 0 Å². The lowest BCUT2D eigenvalue weighted by atomic mass is 9.88. The van der Waals surface area contributed by atoms with E-state index < -0.39 is 22.9 Å². The van der Waals surface area contributed by atoms with E-state index in [1.807, 2.05) is 18.2 Å². The number of anilines is 2. The molecule has 0 aromatic heterocycles. The van der Waals surface area contributed by atoms with Gasteiger partial charge in [0.1, 0.15) is 5.25 Å². The smallest absolute Gasteiger partial charge is 0.326 e. The Bertz CT molecular complexity index is 1230. The summed E-state index contributed by atoms with van der Waals surface area (Å²) in [5.74, 6) is -0.441. The predicted molar refractivity (Wildman–Crippen MR) is 142 cm³/mol. The van der Waals surface area contributed by atoms with Crippen molar-refractivity contribution < 1.29 is 22.8 Å². The number of carbonyl (C=O) groups excluding carboxylic acids is 2. The molecule has 0 heterocycles. The van der Waals surface area contributed by atoms with Crippen molar-refractivity contribution in [1.82, 2.24) is 0 Å². The fourth-order valence-electron chi connectivity index (χ4n) is 4.26. The van der Waals surface area contributed by atoms with Gasteiger partial charge in [0, 0.05) is 16.5 Å². The summed E-state index contributed by atoms with van der Waals surface area (Å²) >= 11 is 7.34. The summed E-state index contributed by atoms with van der Waals surface area (Å²) in [6.45, 7) is 0. The summed E-state index contributed by atoms with van der Waals surface area (Å²) in [4.78, 5) is 26.6. The number of benzene rings is 3. The van der Waals surface area contributed by atoms with Crippen molar-refractivity contribution >= 4 is 46.6 Å². The van der Waals surface area contributed by atoms with Crippen LogP contribution < -0.4 is 10.6 Å². The van der Waals surface area contributed by atoms with Crippen LogP contribution in [0.1, 0.15) is 48.5 Å². The Balaban J connectivity index is 1.50. The lowest BCUT2D eigenvalue weighted by molar-refractivity contribution is -0.137. The highest BCUT2D eigenvalue weighted by Crippen LogP contribution is 2.39. The van der Waals surface area contributed by atoms with Crippen LogP contribution in [-0.2, 0) is 15.8 Å². The molecule has 1 atom stereocenters. The molecule has 3 aromatic carbocycles. The minimum absolute atomic E-state index is 0.0104. The normalized spacial score (nSPS) is 15.1. The van der Waals surface area contributed by atoms with Crippen molar-refractivity contribution in [2.45, 2.75) is 48.4 Å². The van der Waals surface area contributed by atoms with E-state index in [1.165, 1.54) is 18.2 Å². The highest BCUT2D eigenvalue weighted by atomic mass is 35.5. The maximum absolute atomic E-state index is 13.3. The Labute approximate surface area is 223 Å².